The van der Waals surface area contributed by atoms with Gasteiger partial charge >= 0.3 is 6.18 Å². The Kier molecular flexibility index (Phi) is 6.72. The number of hydrogen-bond acceptors (Lipinski definition) is 6. The molecule has 0 unspecified atom stereocenters. The van der Waals surface area contributed by atoms with E-state index in [0.29, 0.717) is 31.6 Å². The molecule has 2 aliphatic carbocycles. The third-order valence-corrected chi connectivity index (χ3v) is 5.47. The molecule has 4 rings (SSSR count). The Morgan fingerprint density at radius 3 is 1.97 bits per heavy atom. The highest BCUT2D eigenvalue weighted by molar-refractivity contribution is 6.01. The number of fused-ring (bicyclic) bond motifs is 2. The molecular weight excluding hydrogens is 421 g/mol. The number of aromatic nitrogens is 2. The van der Waals surface area contributed by atoms with E-state index in [4.69, 9.17) is 9.68 Å². The second kappa shape index (κ2) is 9.67. The van der Waals surface area contributed by atoms with Gasteiger partial charge in [-0.3, -0.25) is 4.98 Å². The number of nitrogens with zero attached hydrogens (tertiary/aromatic N) is 4. The molecule has 2 aliphatic rings. The summed E-state index contributed by atoms with van der Waals surface area (Å²) in [5, 5.41) is 8.32. The molecule has 0 amide bonds. The van der Waals surface area contributed by atoms with Crippen molar-refractivity contribution in [2.24, 2.45) is 10.3 Å². The van der Waals surface area contributed by atoms with E-state index in [2.05, 4.69) is 26.3 Å². The van der Waals surface area contributed by atoms with Gasteiger partial charge in [0.25, 0.3) is 0 Å². The summed E-state index contributed by atoms with van der Waals surface area (Å²) in [7, 11) is 0. The van der Waals surface area contributed by atoms with Crippen LogP contribution < -0.4 is 0 Å². The highest BCUT2D eigenvalue weighted by atomic mass is 19.4. The van der Waals surface area contributed by atoms with Gasteiger partial charge in [-0.1, -0.05) is 22.4 Å². The van der Waals surface area contributed by atoms with Gasteiger partial charge in [-0.05, 0) is 68.7 Å². The molecule has 2 heterocycles. The average Bonchev–Trinajstić information content (AvgIpc) is 2.77. The van der Waals surface area contributed by atoms with Crippen molar-refractivity contribution in [1.29, 1.82) is 0 Å². The van der Waals surface area contributed by atoms with E-state index >= 15 is 0 Å². The molecule has 0 atom stereocenters. The summed E-state index contributed by atoms with van der Waals surface area (Å²) < 4.78 is 39.0. The number of hydrogen-bond donors (Lipinski definition) is 0. The van der Waals surface area contributed by atoms with Crippen LogP contribution in [0.25, 0.3) is 0 Å². The molecule has 9 heteroatoms. The molecular formula is C23H25F3N4O2. The van der Waals surface area contributed by atoms with E-state index in [0.717, 1.165) is 54.4 Å². The van der Waals surface area contributed by atoms with Gasteiger partial charge < -0.3 is 9.68 Å². The van der Waals surface area contributed by atoms with Gasteiger partial charge in [-0.15, -0.1) is 0 Å². The summed E-state index contributed by atoms with van der Waals surface area (Å²) in [5.41, 5.74) is 4.52. The monoisotopic (exact) mass is 446 g/mol. The fraction of sp³-hybridized carbons (Fsp3) is 0.478. The third-order valence-electron chi connectivity index (χ3n) is 5.47. The van der Waals surface area contributed by atoms with Gasteiger partial charge in [0.1, 0.15) is 30.3 Å². The molecule has 0 saturated carbocycles. The van der Waals surface area contributed by atoms with Crippen LogP contribution in [0.5, 0.6) is 0 Å². The molecule has 0 fully saturated rings. The standard InChI is InChI=1S/C23H25F3N4O2/c1-15-9-10-16-5-2-7-18(21(16)27-15)29-31-13-4-14-32-30-19-8-3-6-17-11-12-20(23(24,25)26)28-22(17)19/h9-12H,2-8,13-14H2,1H3/b29-18+,30-19+. The predicted octanol–water partition coefficient (Wildman–Crippen LogP) is 5.01. The highest BCUT2D eigenvalue weighted by Crippen LogP contribution is 2.30. The molecule has 0 spiro atoms. The smallest absolute Gasteiger partial charge is 0.395 e. The Morgan fingerprint density at radius 2 is 1.38 bits per heavy atom. The van der Waals surface area contributed by atoms with Gasteiger partial charge in [-0.25, -0.2) is 4.98 Å². The lowest BCUT2D eigenvalue weighted by molar-refractivity contribution is -0.141. The lowest BCUT2D eigenvalue weighted by Crippen LogP contribution is -2.18. The number of aryl methyl sites for hydroxylation is 3. The zero-order chi connectivity index (χ0) is 22.6. The Balaban J connectivity index is 1.29. The van der Waals surface area contributed by atoms with Crippen molar-refractivity contribution in [2.75, 3.05) is 13.2 Å². The van der Waals surface area contributed by atoms with Crippen LogP contribution in [0.3, 0.4) is 0 Å². The first-order valence-corrected chi connectivity index (χ1v) is 10.8. The number of pyridine rings is 2. The van der Waals surface area contributed by atoms with Crippen molar-refractivity contribution in [1.82, 2.24) is 9.97 Å². The Morgan fingerprint density at radius 1 is 0.812 bits per heavy atom. The van der Waals surface area contributed by atoms with Crippen molar-refractivity contribution >= 4 is 11.4 Å². The van der Waals surface area contributed by atoms with Crippen LogP contribution in [0.15, 0.2) is 34.6 Å². The summed E-state index contributed by atoms with van der Waals surface area (Å²) in [6, 6.07) is 6.59. The molecule has 0 aromatic carbocycles. The summed E-state index contributed by atoms with van der Waals surface area (Å²) in [6.45, 7) is 2.58. The van der Waals surface area contributed by atoms with Crippen LogP contribution >= 0.6 is 0 Å². The molecule has 0 radical (unpaired) electrons. The van der Waals surface area contributed by atoms with Crippen LogP contribution in [-0.2, 0) is 28.7 Å². The Hall–Kier alpha value is -2.97. The summed E-state index contributed by atoms with van der Waals surface area (Å²) >= 11 is 0. The molecule has 0 saturated heterocycles. The zero-order valence-electron chi connectivity index (χ0n) is 17.9. The van der Waals surface area contributed by atoms with Crippen molar-refractivity contribution in [3.05, 3.63) is 58.2 Å². The van der Waals surface area contributed by atoms with E-state index < -0.39 is 11.9 Å². The third kappa shape index (κ3) is 5.26. The summed E-state index contributed by atoms with van der Waals surface area (Å²) in [5.74, 6) is 0. The zero-order valence-corrected chi connectivity index (χ0v) is 17.9. The quantitative estimate of drug-likeness (QED) is 0.462. The Labute approximate surface area is 184 Å². The maximum absolute atomic E-state index is 13.0. The number of rotatable bonds is 6. The van der Waals surface area contributed by atoms with E-state index in [1.165, 1.54) is 11.6 Å². The summed E-state index contributed by atoms with van der Waals surface area (Å²) in [6.07, 6.45) is 0.944. The lowest BCUT2D eigenvalue weighted by atomic mass is 9.94. The fourth-order valence-electron chi connectivity index (χ4n) is 3.88. The van der Waals surface area contributed by atoms with E-state index in [-0.39, 0.29) is 12.3 Å². The predicted molar refractivity (Wildman–Crippen MR) is 114 cm³/mol. The SMILES string of the molecule is Cc1ccc2c(n1)/C(=N/OCCCO/N=C1\CCCc3ccc(C(F)(F)F)nc31)CCC2. The molecule has 0 aliphatic heterocycles. The summed E-state index contributed by atoms with van der Waals surface area (Å²) in [4.78, 5) is 19.2. The molecule has 32 heavy (non-hydrogen) atoms. The van der Waals surface area contributed by atoms with E-state index in [1.807, 2.05) is 13.0 Å². The van der Waals surface area contributed by atoms with Crippen molar-refractivity contribution in [2.45, 2.75) is 58.0 Å². The first kappa shape index (κ1) is 22.2. The molecule has 0 N–H and O–H groups in total. The topological polar surface area (TPSA) is 69.0 Å². The van der Waals surface area contributed by atoms with Crippen molar-refractivity contribution in [3.8, 4) is 0 Å². The van der Waals surface area contributed by atoms with Crippen LogP contribution in [0.4, 0.5) is 13.2 Å². The van der Waals surface area contributed by atoms with Crippen LogP contribution in [0.1, 0.15) is 66.0 Å². The van der Waals surface area contributed by atoms with Gasteiger partial charge in [0.2, 0.25) is 0 Å². The van der Waals surface area contributed by atoms with Gasteiger partial charge in [-0.2, -0.15) is 13.2 Å². The molecule has 2 aromatic heterocycles. The minimum Gasteiger partial charge on any atom is -0.395 e. The molecule has 2 aromatic rings. The van der Waals surface area contributed by atoms with Crippen LogP contribution in [-0.4, -0.2) is 34.6 Å². The Bertz CT molecular complexity index is 1030. The van der Waals surface area contributed by atoms with Crippen molar-refractivity contribution < 1.29 is 22.8 Å². The minimum absolute atomic E-state index is 0.274. The molecule has 170 valence electrons. The van der Waals surface area contributed by atoms with E-state index in [1.54, 1.807) is 0 Å². The second-order valence-electron chi connectivity index (χ2n) is 7.97. The second-order valence-corrected chi connectivity index (χ2v) is 7.97. The maximum Gasteiger partial charge on any atom is 0.433 e. The normalized spacial score (nSPS) is 18.4. The first-order chi connectivity index (χ1) is 15.4. The number of halogens is 3. The van der Waals surface area contributed by atoms with Gasteiger partial charge in [0, 0.05) is 12.1 Å². The van der Waals surface area contributed by atoms with Gasteiger partial charge in [0.15, 0.2) is 0 Å². The highest BCUT2D eigenvalue weighted by Gasteiger charge is 2.34. The number of oxime groups is 2. The maximum atomic E-state index is 13.0. The lowest BCUT2D eigenvalue weighted by Gasteiger charge is -2.18. The first-order valence-electron chi connectivity index (χ1n) is 10.8. The molecule has 6 nitrogen and oxygen atoms in total. The van der Waals surface area contributed by atoms with Crippen LogP contribution in [0, 0.1) is 6.92 Å². The van der Waals surface area contributed by atoms with E-state index in [9.17, 15) is 13.2 Å². The van der Waals surface area contributed by atoms with Crippen LogP contribution in [0.2, 0.25) is 0 Å². The fourth-order valence-corrected chi connectivity index (χ4v) is 3.88. The minimum atomic E-state index is -4.48. The average molecular weight is 446 g/mol. The van der Waals surface area contributed by atoms with Gasteiger partial charge in [0.05, 0.1) is 11.4 Å². The largest absolute Gasteiger partial charge is 0.433 e. The number of alkyl halides is 3. The molecule has 0 bridgehead atoms. The van der Waals surface area contributed by atoms with Crippen molar-refractivity contribution in [3.63, 3.8) is 0 Å².